The lowest BCUT2D eigenvalue weighted by Crippen LogP contribution is -2.50. The van der Waals surface area contributed by atoms with Gasteiger partial charge < -0.3 is 31.3 Å². The SMILES string of the molecule is CCC.CCNC(=O)CNC(=O)C(C)NC[C@H](Cc1ccccc1)NC(=O)c1cc(C(=O)N[C@H](C)c2cccc(Cl)c2)cc(N(C)S(=O)(=O)N2CCOCC2)c1. The Labute approximate surface area is 336 Å². The minimum absolute atomic E-state index is 0.0536. The zero-order chi connectivity index (χ0) is 41.3. The third-order valence-electron chi connectivity index (χ3n) is 8.67. The maximum atomic E-state index is 14.0. The summed E-state index contributed by atoms with van der Waals surface area (Å²) in [7, 11) is -2.67. The zero-order valence-electron chi connectivity index (χ0n) is 33.1. The van der Waals surface area contributed by atoms with Gasteiger partial charge >= 0.3 is 10.2 Å². The van der Waals surface area contributed by atoms with Gasteiger partial charge in [0.15, 0.2) is 0 Å². The number of hydrogen-bond donors (Lipinski definition) is 5. The van der Waals surface area contributed by atoms with Gasteiger partial charge in [-0.25, -0.2) is 0 Å². The molecule has 3 atom stereocenters. The molecule has 0 radical (unpaired) electrons. The van der Waals surface area contributed by atoms with Gasteiger partial charge in [0.05, 0.1) is 37.5 Å². The van der Waals surface area contributed by atoms with E-state index in [1.807, 2.05) is 36.4 Å². The van der Waals surface area contributed by atoms with E-state index in [1.54, 1.807) is 39.0 Å². The standard InChI is InChI=1S/C37H48ClN7O7S.C3H8/c1-5-39-34(46)24-41-35(47)26(3)40-23-32(18-27-10-7-6-8-11-27)43-37(49)30-19-29(36(48)42-25(2)28-12-9-13-31(38)20-28)21-33(22-30)44(4)53(50,51)45-14-16-52-17-15-45;1-3-2/h6-13,19-22,25-26,32,40H,5,14-18,23-24H2,1-4H3,(H,39,46)(H,41,47)(H,42,48)(H,43,49);3H2,1-2H3/t25-,26?,32+;/m1./s1. The number of amides is 4. The maximum absolute atomic E-state index is 14.0. The Hall–Kier alpha value is -4.54. The summed E-state index contributed by atoms with van der Waals surface area (Å²) in [5, 5.41) is 14.8. The van der Waals surface area contributed by atoms with Crippen molar-refractivity contribution in [3.05, 3.63) is 100 Å². The second-order valence-corrected chi connectivity index (χ2v) is 15.8. The van der Waals surface area contributed by atoms with Crippen molar-refractivity contribution in [1.82, 2.24) is 30.9 Å². The van der Waals surface area contributed by atoms with Gasteiger partial charge in [0.25, 0.3) is 11.8 Å². The molecule has 0 aliphatic carbocycles. The number of halogens is 1. The molecule has 0 aromatic heterocycles. The zero-order valence-corrected chi connectivity index (χ0v) is 34.6. The van der Waals surface area contributed by atoms with Gasteiger partial charge in [0.2, 0.25) is 11.8 Å². The van der Waals surface area contributed by atoms with Gasteiger partial charge in [-0.1, -0.05) is 74.3 Å². The molecule has 1 aliphatic heterocycles. The van der Waals surface area contributed by atoms with Crippen LogP contribution in [0.4, 0.5) is 5.69 Å². The number of benzene rings is 3. The third kappa shape index (κ3) is 14.2. The number of nitrogens with zero attached hydrogens (tertiary/aromatic N) is 2. The molecular formula is C40H56ClN7O7S. The highest BCUT2D eigenvalue weighted by molar-refractivity contribution is 7.90. The monoisotopic (exact) mass is 813 g/mol. The van der Waals surface area contributed by atoms with Crippen LogP contribution in [0.1, 0.15) is 78.9 Å². The maximum Gasteiger partial charge on any atom is 0.303 e. The van der Waals surface area contributed by atoms with E-state index in [9.17, 15) is 27.6 Å². The predicted molar refractivity (Wildman–Crippen MR) is 220 cm³/mol. The smallest absolute Gasteiger partial charge is 0.303 e. The van der Waals surface area contributed by atoms with Crippen LogP contribution >= 0.6 is 11.6 Å². The third-order valence-corrected chi connectivity index (χ3v) is 10.8. The molecule has 1 fully saturated rings. The Balaban J connectivity index is 0.00000271. The first-order valence-corrected chi connectivity index (χ1v) is 20.6. The molecule has 14 nitrogen and oxygen atoms in total. The van der Waals surface area contributed by atoms with Crippen LogP contribution in [-0.2, 0) is 31.0 Å². The van der Waals surface area contributed by atoms with Crippen LogP contribution in [-0.4, -0.2) is 101 Å². The fraction of sp³-hybridized carbons (Fsp3) is 0.450. The van der Waals surface area contributed by atoms with Crippen LogP contribution < -0.4 is 30.9 Å². The molecule has 1 saturated heterocycles. The number of ether oxygens (including phenoxy) is 1. The van der Waals surface area contributed by atoms with E-state index in [2.05, 4.69) is 40.4 Å². The van der Waals surface area contributed by atoms with E-state index in [4.69, 9.17) is 16.3 Å². The van der Waals surface area contributed by atoms with Crippen LogP contribution in [0.15, 0.2) is 72.8 Å². The summed E-state index contributed by atoms with van der Waals surface area (Å²) >= 11 is 6.17. The summed E-state index contributed by atoms with van der Waals surface area (Å²) in [6.45, 7) is 10.7. The Morgan fingerprint density at radius 3 is 2.09 bits per heavy atom. The summed E-state index contributed by atoms with van der Waals surface area (Å²) in [5.74, 6) is -1.78. The highest BCUT2D eigenvalue weighted by Gasteiger charge is 2.30. The molecule has 4 amide bonds. The number of hydrogen-bond acceptors (Lipinski definition) is 8. The molecule has 0 spiro atoms. The number of morpholine rings is 1. The molecule has 5 N–H and O–H groups in total. The van der Waals surface area contributed by atoms with Gasteiger partial charge in [-0.2, -0.15) is 12.7 Å². The number of carbonyl (C=O) groups is 4. The number of nitrogens with one attached hydrogen (secondary N) is 5. The van der Waals surface area contributed by atoms with Crippen molar-refractivity contribution < 1.29 is 32.3 Å². The van der Waals surface area contributed by atoms with Crippen LogP contribution in [0.2, 0.25) is 5.02 Å². The van der Waals surface area contributed by atoms with E-state index in [-0.39, 0.29) is 68.0 Å². The van der Waals surface area contributed by atoms with Crippen molar-refractivity contribution in [3.8, 4) is 0 Å². The molecule has 3 aromatic carbocycles. The van der Waals surface area contributed by atoms with E-state index in [0.29, 0.717) is 18.0 Å². The van der Waals surface area contributed by atoms with Crippen molar-refractivity contribution in [2.24, 2.45) is 0 Å². The molecule has 4 rings (SSSR count). The number of rotatable bonds is 17. The Morgan fingerprint density at radius 1 is 0.857 bits per heavy atom. The molecule has 1 unspecified atom stereocenters. The summed E-state index contributed by atoms with van der Waals surface area (Å²) in [5.41, 5.74) is 1.92. The highest BCUT2D eigenvalue weighted by Crippen LogP contribution is 2.25. The van der Waals surface area contributed by atoms with E-state index >= 15 is 0 Å². The molecule has 56 heavy (non-hydrogen) atoms. The number of carbonyl (C=O) groups excluding carboxylic acids is 4. The highest BCUT2D eigenvalue weighted by atomic mass is 35.5. The lowest BCUT2D eigenvalue weighted by atomic mass is 10.0. The molecule has 16 heteroatoms. The van der Waals surface area contributed by atoms with Gasteiger partial charge in [-0.15, -0.1) is 0 Å². The lowest BCUT2D eigenvalue weighted by Gasteiger charge is -2.31. The van der Waals surface area contributed by atoms with Crippen molar-refractivity contribution >= 4 is 51.1 Å². The average molecular weight is 814 g/mol. The Morgan fingerprint density at radius 2 is 1.48 bits per heavy atom. The van der Waals surface area contributed by atoms with Gasteiger partial charge in [-0.3, -0.25) is 23.5 Å². The first-order valence-electron chi connectivity index (χ1n) is 18.9. The van der Waals surface area contributed by atoms with E-state index in [0.717, 1.165) is 15.4 Å². The minimum atomic E-state index is -4.04. The van der Waals surface area contributed by atoms with E-state index < -0.39 is 40.1 Å². The average Bonchev–Trinajstić information content (AvgIpc) is 3.19. The van der Waals surface area contributed by atoms with Gasteiger partial charge in [-0.05, 0) is 68.7 Å². The Kier molecular flexibility index (Phi) is 18.7. The van der Waals surface area contributed by atoms with Crippen molar-refractivity contribution in [2.45, 2.75) is 65.6 Å². The van der Waals surface area contributed by atoms with Crippen LogP contribution in [0, 0.1) is 0 Å². The topological polar surface area (TPSA) is 178 Å². The fourth-order valence-corrected chi connectivity index (χ4v) is 7.14. The largest absolute Gasteiger partial charge is 0.379 e. The van der Waals surface area contributed by atoms with Crippen molar-refractivity contribution in [2.75, 3.05) is 57.3 Å². The van der Waals surface area contributed by atoms with Gasteiger partial charge in [0, 0.05) is 55.4 Å². The first kappa shape index (κ1) is 45.8. The predicted octanol–water partition coefficient (Wildman–Crippen LogP) is 3.83. The van der Waals surface area contributed by atoms with Gasteiger partial charge in [0.1, 0.15) is 0 Å². The van der Waals surface area contributed by atoms with Crippen LogP contribution in [0.25, 0.3) is 0 Å². The molecule has 306 valence electrons. The lowest BCUT2D eigenvalue weighted by molar-refractivity contribution is -0.127. The molecular weight excluding hydrogens is 758 g/mol. The van der Waals surface area contributed by atoms with E-state index in [1.165, 1.54) is 36.0 Å². The fourth-order valence-electron chi connectivity index (χ4n) is 5.61. The minimum Gasteiger partial charge on any atom is -0.379 e. The summed E-state index contributed by atoms with van der Waals surface area (Å²) in [6.07, 6.45) is 1.64. The first-order chi connectivity index (χ1) is 26.7. The number of likely N-dealkylation sites (N-methyl/N-ethyl adjacent to an activating group) is 1. The molecule has 0 saturated carbocycles. The van der Waals surface area contributed by atoms with Crippen LogP contribution in [0.3, 0.4) is 0 Å². The molecule has 3 aromatic rings. The summed E-state index contributed by atoms with van der Waals surface area (Å²) in [4.78, 5) is 52.3. The Bertz CT molecular complexity index is 1860. The molecule has 1 heterocycles. The second kappa shape index (κ2) is 22.9. The van der Waals surface area contributed by atoms with Crippen molar-refractivity contribution in [1.29, 1.82) is 0 Å². The molecule has 0 bridgehead atoms. The second-order valence-electron chi connectivity index (χ2n) is 13.4. The number of anilines is 1. The van der Waals surface area contributed by atoms with Crippen LogP contribution in [0.5, 0.6) is 0 Å². The normalized spacial score (nSPS) is 14.6. The summed E-state index contributed by atoms with van der Waals surface area (Å²) in [6, 6.07) is 19.1. The summed E-state index contributed by atoms with van der Waals surface area (Å²) < 4.78 is 35.0. The molecule has 1 aliphatic rings. The quantitative estimate of drug-likeness (QED) is 0.137. The van der Waals surface area contributed by atoms with Crippen molar-refractivity contribution in [3.63, 3.8) is 0 Å².